The van der Waals surface area contributed by atoms with E-state index in [1.807, 2.05) is 18.2 Å². The van der Waals surface area contributed by atoms with Crippen molar-refractivity contribution in [1.82, 2.24) is 4.98 Å². The predicted octanol–water partition coefficient (Wildman–Crippen LogP) is 5.43. The van der Waals surface area contributed by atoms with E-state index in [1.165, 1.54) is 42.3 Å². The Balaban J connectivity index is 1.55. The van der Waals surface area contributed by atoms with Crippen molar-refractivity contribution in [3.8, 4) is 0 Å². The number of nitrogens with zero attached hydrogens (tertiary/aromatic N) is 1. The summed E-state index contributed by atoms with van der Waals surface area (Å²) >= 11 is 7.23. The van der Waals surface area contributed by atoms with Crippen molar-refractivity contribution in [1.29, 1.82) is 0 Å². The van der Waals surface area contributed by atoms with Gasteiger partial charge in [-0.1, -0.05) is 48.9 Å². The van der Waals surface area contributed by atoms with Crippen LogP contribution in [0.25, 0.3) is 0 Å². The summed E-state index contributed by atoms with van der Waals surface area (Å²) in [6, 6.07) is 13.1. The highest BCUT2D eigenvalue weighted by Crippen LogP contribution is 2.42. The Bertz CT molecular complexity index is 1240. The number of rotatable bonds is 7. The Morgan fingerprint density at radius 3 is 2.66 bits per heavy atom. The number of pyridine rings is 1. The molecule has 1 aliphatic rings. The third-order valence-corrected chi connectivity index (χ3v) is 7.41. The number of methoxy groups -OCH3 is 1. The van der Waals surface area contributed by atoms with E-state index in [1.54, 1.807) is 6.92 Å². The zero-order valence-corrected chi connectivity index (χ0v) is 20.9. The topological polar surface area (TPSA) is 94.6 Å². The van der Waals surface area contributed by atoms with Gasteiger partial charge in [-0.15, -0.1) is 11.3 Å². The van der Waals surface area contributed by atoms with E-state index in [0.29, 0.717) is 22.9 Å². The van der Waals surface area contributed by atoms with Gasteiger partial charge in [0.05, 0.1) is 18.2 Å². The predicted molar refractivity (Wildman–Crippen MR) is 134 cm³/mol. The van der Waals surface area contributed by atoms with E-state index in [9.17, 15) is 14.4 Å². The van der Waals surface area contributed by atoms with Gasteiger partial charge in [-0.25, -0.2) is 14.6 Å². The summed E-state index contributed by atoms with van der Waals surface area (Å²) in [4.78, 5) is 43.1. The molecule has 0 aliphatic heterocycles. The summed E-state index contributed by atoms with van der Waals surface area (Å²) in [6.07, 6.45) is 2.98. The average Bonchev–Trinajstić information content (AvgIpc) is 3.23. The van der Waals surface area contributed by atoms with E-state index in [2.05, 4.69) is 22.4 Å². The van der Waals surface area contributed by atoms with Gasteiger partial charge in [0.15, 0.2) is 6.10 Å². The molecular weight excluding hydrogens is 488 g/mol. The molecule has 182 valence electrons. The molecule has 0 saturated heterocycles. The number of thiophene rings is 1. The largest absolute Gasteiger partial charge is 0.465 e. The summed E-state index contributed by atoms with van der Waals surface area (Å²) in [7, 11) is 1.32. The molecule has 4 rings (SSSR count). The molecule has 2 heterocycles. The lowest BCUT2D eigenvalue weighted by Gasteiger charge is -2.22. The number of benzene rings is 1. The van der Waals surface area contributed by atoms with E-state index >= 15 is 0 Å². The summed E-state index contributed by atoms with van der Waals surface area (Å²) < 4.78 is 10.5. The third kappa shape index (κ3) is 5.55. The van der Waals surface area contributed by atoms with E-state index < -0.39 is 23.9 Å². The highest BCUT2D eigenvalue weighted by atomic mass is 35.5. The van der Waals surface area contributed by atoms with Gasteiger partial charge in [-0.2, -0.15) is 0 Å². The molecule has 1 aliphatic carbocycles. The summed E-state index contributed by atoms with van der Waals surface area (Å²) in [5, 5.41) is 3.39. The first-order valence-electron chi connectivity index (χ1n) is 11.3. The number of nitrogens with one attached hydrogen (secondary N) is 1. The van der Waals surface area contributed by atoms with Crippen LogP contribution in [0, 0.1) is 0 Å². The quantitative estimate of drug-likeness (QED) is 0.335. The van der Waals surface area contributed by atoms with Crippen LogP contribution in [0.15, 0.2) is 48.7 Å². The Labute approximate surface area is 212 Å². The number of ether oxygens (including phenoxy) is 2. The van der Waals surface area contributed by atoms with Crippen LogP contribution >= 0.6 is 22.9 Å². The van der Waals surface area contributed by atoms with Crippen molar-refractivity contribution >= 4 is 45.8 Å². The van der Waals surface area contributed by atoms with Gasteiger partial charge in [0.1, 0.15) is 10.2 Å². The van der Waals surface area contributed by atoms with Crippen LogP contribution in [-0.4, -0.2) is 36.0 Å². The number of esters is 2. The molecule has 1 N–H and O–H groups in total. The van der Waals surface area contributed by atoms with Crippen molar-refractivity contribution in [2.24, 2.45) is 0 Å². The molecule has 2 atom stereocenters. The summed E-state index contributed by atoms with van der Waals surface area (Å²) in [5.74, 6) is -1.34. The van der Waals surface area contributed by atoms with Gasteiger partial charge < -0.3 is 14.8 Å². The van der Waals surface area contributed by atoms with E-state index in [0.717, 1.165) is 23.3 Å². The number of hydrogen-bond donors (Lipinski definition) is 1. The van der Waals surface area contributed by atoms with Crippen LogP contribution in [0.5, 0.6) is 0 Å². The van der Waals surface area contributed by atoms with Gasteiger partial charge in [0.25, 0.3) is 5.91 Å². The Morgan fingerprint density at radius 2 is 1.97 bits per heavy atom. The summed E-state index contributed by atoms with van der Waals surface area (Å²) in [5.41, 5.74) is 2.76. The van der Waals surface area contributed by atoms with Crippen LogP contribution in [0.2, 0.25) is 5.15 Å². The fraction of sp³-hybridized carbons (Fsp3) is 0.308. The lowest BCUT2D eigenvalue weighted by Crippen LogP contribution is -2.32. The maximum atomic E-state index is 13.1. The van der Waals surface area contributed by atoms with Crippen molar-refractivity contribution in [2.45, 2.75) is 44.6 Å². The summed E-state index contributed by atoms with van der Waals surface area (Å²) in [6.45, 7) is 1.74. The lowest BCUT2D eigenvalue weighted by atomic mass is 9.83. The van der Waals surface area contributed by atoms with Crippen LogP contribution in [0.4, 0.5) is 5.00 Å². The molecule has 0 bridgehead atoms. The number of carbonyl (C=O) groups is 3. The Hall–Kier alpha value is -3.23. The number of fused-ring (bicyclic) bond motifs is 1. The normalized spacial score (nSPS) is 15.6. The van der Waals surface area contributed by atoms with Crippen molar-refractivity contribution in [3.63, 3.8) is 0 Å². The second-order valence-corrected chi connectivity index (χ2v) is 9.70. The van der Waals surface area contributed by atoms with Crippen LogP contribution < -0.4 is 5.32 Å². The highest BCUT2D eigenvalue weighted by molar-refractivity contribution is 7.17. The van der Waals surface area contributed by atoms with Gasteiger partial charge in [-0.05, 0) is 54.9 Å². The number of aromatic nitrogens is 1. The number of halogens is 1. The minimum atomic E-state index is -1.05. The first-order chi connectivity index (χ1) is 16.9. The number of amides is 1. The van der Waals surface area contributed by atoms with Gasteiger partial charge >= 0.3 is 11.9 Å². The van der Waals surface area contributed by atoms with Crippen LogP contribution in [-0.2, 0) is 27.1 Å². The van der Waals surface area contributed by atoms with Gasteiger partial charge in [-0.3, -0.25) is 4.79 Å². The maximum absolute atomic E-state index is 13.1. The standard InChI is InChI=1S/C26H25ClN2O5S/c1-3-19(34-25(31)17-11-12-28-21(27)14-17)23(30)29-24-22(26(32)33-2)18-10-9-16(13-20(18)35-24)15-7-5-4-6-8-15/h4-8,11-12,14,16,19H,3,9-10,13H2,1-2H3,(H,29,30). The number of carbonyl (C=O) groups excluding carboxylic acids is 3. The fourth-order valence-corrected chi connectivity index (χ4v) is 5.74. The number of hydrogen-bond acceptors (Lipinski definition) is 7. The lowest BCUT2D eigenvalue weighted by molar-refractivity contribution is -0.124. The zero-order chi connectivity index (χ0) is 24.9. The van der Waals surface area contributed by atoms with Crippen molar-refractivity contribution in [2.75, 3.05) is 12.4 Å². The van der Waals surface area contributed by atoms with Gasteiger partial charge in [0.2, 0.25) is 0 Å². The van der Waals surface area contributed by atoms with Crippen molar-refractivity contribution in [3.05, 3.63) is 80.9 Å². The zero-order valence-electron chi connectivity index (χ0n) is 19.4. The molecule has 9 heteroatoms. The molecule has 0 spiro atoms. The molecule has 0 fully saturated rings. The molecule has 3 aromatic rings. The molecule has 0 saturated carbocycles. The molecular formula is C26H25ClN2O5S. The molecule has 2 aromatic heterocycles. The molecule has 0 radical (unpaired) electrons. The first kappa shape index (κ1) is 24.9. The first-order valence-corrected chi connectivity index (χ1v) is 12.5. The molecule has 1 amide bonds. The SMILES string of the molecule is CCC(OC(=O)c1ccnc(Cl)c1)C(=O)Nc1sc2c(c1C(=O)OC)CCC(c1ccccc1)C2. The Morgan fingerprint density at radius 1 is 1.20 bits per heavy atom. The average molecular weight is 513 g/mol. The molecule has 2 unspecified atom stereocenters. The second-order valence-electron chi connectivity index (χ2n) is 8.21. The number of anilines is 1. The Kier molecular flexibility index (Phi) is 7.83. The third-order valence-electron chi connectivity index (χ3n) is 6.04. The van der Waals surface area contributed by atoms with Crippen molar-refractivity contribution < 1.29 is 23.9 Å². The molecule has 1 aromatic carbocycles. The minimum Gasteiger partial charge on any atom is -0.465 e. The fourth-order valence-electron chi connectivity index (χ4n) is 4.24. The van der Waals surface area contributed by atoms with E-state index in [4.69, 9.17) is 21.1 Å². The molecule has 35 heavy (non-hydrogen) atoms. The van der Waals surface area contributed by atoms with Crippen LogP contribution in [0.3, 0.4) is 0 Å². The maximum Gasteiger partial charge on any atom is 0.341 e. The monoisotopic (exact) mass is 512 g/mol. The highest BCUT2D eigenvalue weighted by Gasteiger charge is 2.32. The van der Waals surface area contributed by atoms with Crippen LogP contribution in [0.1, 0.15) is 62.4 Å². The van der Waals surface area contributed by atoms with E-state index in [-0.39, 0.29) is 17.1 Å². The molecule has 7 nitrogen and oxygen atoms in total. The second kappa shape index (κ2) is 11.0. The van der Waals surface area contributed by atoms with Gasteiger partial charge in [0, 0.05) is 11.1 Å². The smallest absolute Gasteiger partial charge is 0.341 e. The minimum absolute atomic E-state index is 0.151.